The van der Waals surface area contributed by atoms with Crippen molar-refractivity contribution in [2.75, 3.05) is 4.90 Å². The highest BCUT2D eigenvalue weighted by molar-refractivity contribution is 7.99. The molecule has 0 fully saturated rings. The molecule has 0 saturated heterocycles. The molecule has 5 nitrogen and oxygen atoms in total. The molecule has 0 atom stereocenters. The number of anilines is 2. The number of hydrogen-bond donors (Lipinski definition) is 0. The molecule has 122 valence electrons. The Morgan fingerprint density at radius 3 is 1.88 bits per heavy atom. The van der Waals surface area contributed by atoms with Gasteiger partial charge in [-0.1, -0.05) is 36.0 Å². The topological polar surface area (TPSA) is 63.4 Å². The number of benzene rings is 3. The van der Waals surface area contributed by atoms with E-state index in [9.17, 15) is 14.9 Å². The molecule has 0 aliphatic carbocycles. The lowest BCUT2D eigenvalue weighted by Crippen LogP contribution is -2.28. The second-order valence-electron chi connectivity index (χ2n) is 5.48. The average molecular weight is 348 g/mol. The highest BCUT2D eigenvalue weighted by Gasteiger charge is 2.28. The quantitative estimate of drug-likeness (QED) is 0.481. The van der Waals surface area contributed by atoms with E-state index in [0.29, 0.717) is 5.56 Å². The number of amides is 1. The standard InChI is InChI=1S/C19H12N2O3S/c22-19(13-9-11-14(12-10-13)21(23)24)20-15-5-1-3-7-17(15)25-18-8-4-2-6-16(18)20/h1-12H. The minimum atomic E-state index is -0.476. The lowest BCUT2D eigenvalue weighted by atomic mass is 10.1. The van der Waals surface area contributed by atoms with Gasteiger partial charge < -0.3 is 0 Å². The minimum Gasteiger partial charge on any atom is -0.275 e. The van der Waals surface area contributed by atoms with Crippen molar-refractivity contribution in [3.05, 3.63) is 88.5 Å². The number of nitro groups is 1. The number of fused-ring (bicyclic) bond motifs is 2. The molecule has 0 N–H and O–H groups in total. The zero-order valence-corrected chi connectivity index (χ0v) is 13.8. The van der Waals surface area contributed by atoms with Gasteiger partial charge in [-0.3, -0.25) is 19.8 Å². The Morgan fingerprint density at radius 1 is 0.840 bits per heavy atom. The fraction of sp³-hybridized carbons (Fsp3) is 0. The van der Waals surface area contributed by atoms with E-state index in [1.54, 1.807) is 16.7 Å². The number of para-hydroxylation sites is 2. The molecule has 0 spiro atoms. The molecule has 0 unspecified atom stereocenters. The fourth-order valence-electron chi connectivity index (χ4n) is 2.78. The van der Waals surface area contributed by atoms with Crippen molar-refractivity contribution in [1.82, 2.24) is 0 Å². The summed E-state index contributed by atoms with van der Waals surface area (Å²) in [5.41, 5.74) is 2.00. The average Bonchev–Trinajstić information content (AvgIpc) is 2.65. The lowest BCUT2D eigenvalue weighted by molar-refractivity contribution is -0.384. The van der Waals surface area contributed by atoms with Crippen LogP contribution in [0.15, 0.2) is 82.6 Å². The zero-order chi connectivity index (χ0) is 17.4. The van der Waals surface area contributed by atoms with Crippen LogP contribution >= 0.6 is 11.8 Å². The molecule has 4 rings (SSSR count). The molecule has 0 bridgehead atoms. The van der Waals surface area contributed by atoms with Crippen LogP contribution in [-0.2, 0) is 0 Å². The smallest absolute Gasteiger partial charge is 0.269 e. The molecule has 25 heavy (non-hydrogen) atoms. The fourth-order valence-corrected chi connectivity index (χ4v) is 3.84. The zero-order valence-electron chi connectivity index (χ0n) is 13.0. The first-order valence-corrected chi connectivity index (χ1v) is 8.41. The third-order valence-electron chi connectivity index (χ3n) is 3.96. The molecular formula is C19H12N2O3S. The normalized spacial score (nSPS) is 12.2. The second-order valence-corrected chi connectivity index (χ2v) is 6.57. The van der Waals surface area contributed by atoms with Crippen molar-refractivity contribution >= 4 is 34.7 Å². The van der Waals surface area contributed by atoms with Gasteiger partial charge in [-0.25, -0.2) is 0 Å². The van der Waals surface area contributed by atoms with E-state index in [0.717, 1.165) is 21.2 Å². The van der Waals surface area contributed by atoms with Gasteiger partial charge in [-0.15, -0.1) is 0 Å². The number of carbonyl (C=O) groups is 1. The molecule has 1 aliphatic heterocycles. The van der Waals surface area contributed by atoms with Gasteiger partial charge in [0.2, 0.25) is 0 Å². The summed E-state index contributed by atoms with van der Waals surface area (Å²) in [6.45, 7) is 0. The summed E-state index contributed by atoms with van der Waals surface area (Å²) in [7, 11) is 0. The molecule has 0 aromatic heterocycles. The van der Waals surface area contributed by atoms with E-state index in [-0.39, 0.29) is 11.6 Å². The summed E-state index contributed by atoms with van der Waals surface area (Å²) in [4.78, 5) is 27.2. The van der Waals surface area contributed by atoms with E-state index in [4.69, 9.17) is 0 Å². The third kappa shape index (κ3) is 2.66. The van der Waals surface area contributed by atoms with Gasteiger partial charge in [0.05, 0.1) is 16.3 Å². The summed E-state index contributed by atoms with van der Waals surface area (Å²) in [5, 5.41) is 10.8. The second kappa shape index (κ2) is 6.07. The van der Waals surface area contributed by atoms with E-state index in [1.807, 2.05) is 48.5 Å². The molecule has 6 heteroatoms. The van der Waals surface area contributed by atoms with E-state index in [1.165, 1.54) is 24.3 Å². The molecule has 1 heterocycles. The van der Waals surface area contributed by atoms with Crippen LogP contribution in [0.2, 0.25) is 0 Å². The summed E-state index contributed by atoms with van der Waals surface area (Å²) in [6, 6.07) is 21.1. The number of nitrogens with zero attached hydrogens (tertiary/aromatic N) is 2. The molecule has 1 amide bonds. The van der Waals surface area contributed by atoms with Gasteiger partial charge in [0.25, 0.3) is 11.6 Å². The maximum atomic E-state index is 13.2. The van der Waals surface area contributed by atoms with Gasteiger partial charge in [0.15, 0.2) is 0 Å². The van der Waals surface area contributed by atoms with Gasteiger partial charge in [-0.05, 0) is 36.4 Å². The SMILES string of the molecule is O=C(c1ccc([N+](=O)[O-])cc1)N1c2ccccc2Sc2ccccc21. The molecule has 3 aromatic rings. The predicted octanol–water partition coefficient (Wildman–Crippen LogP) is 5.04. The highest BCUT2D eigenvalue weighted by Crippen LogP contribution is 2.48. The van der Waals surface area contributed by atoms with Crippen LogP contribution in [0.25, 0.3) is 0 Å². The van der Waals surface area contributed by atoms with Crippen LogP contribution in [0.5, 0.6) is 0 Å². The van der Waals surface area contributed by atoms with Crippen molar-refractivity contribution in [3.63, 3.8) is 0 Å². The van der Waals surface area contributed by atoms with Crippen LogP contribution in [0.3, 0.4) is 0 Å². The lowest BCUT2D eigenvalue weighted by Gasteiger charge is -2.31. The first-order chi connectivity index (χ1) is 12.1. The Kier molecular flexibility index (Phi) is 3.74. The molecule has 0 radical (unpaired) electrons. The monoisotopic (exact) mass is 348 g/mol. The summed E-state index contributed by atoms with van der Waals surface area (Å²) in [6.07, 6.45) is 0. The van der Waals surface area contributed by atoms with Gasteiger partial charge in [0.1, 0.15) is 0 Å². The number of nitro benzene ring substituents is 1. The number of rotatable bonds is 2. The van der Waals surface area contributed by atoms with Crippen LogP contribution in [-0.4, -0.2) is 10.8 Å². The maximum absolute atomic E-state index is 13.2. The Labute approximate surface area is 148 Å². The van der Waals surface area contributed by atoms with Crippen LogP contribution in [0.1, 0.15) is 10.4 Å². The van der Waals surface area contributed by atoms with Crippen molar-refractivity contribution in [2.45, 2.75) is 9.79 Å². The summed E-state index contributed by atoms with van der Waals surface area (Å²) < 4.78 is 0. The Morgan fingerprint density at radius 2 is 1.36 bits per heavy atom. The van der Waals surface area contributed by atoms with Crippen molar-refractivity contribution in [3.8, 4) is 0 Å². The number of carbonyl (C=O) groups excluding carboxylic acids is 1. The van der Waals surface area contributed by atoms with Gasteiger partial charge >= 0.3 is 0 Å². The van der Waals surface area contributed by atoms with Gasteiger partial charge in [0, 0.05) is 27.5 Å². The summed E-state index contributed by atoms with van der Waals surface area (Å²) in [5.74, 6) is -0.213. The third-order valence-corrected chi connectivity index (χ3v) is 5.09. The van der Waals surface area contributed by atoms with Crippen LogP contribution < -0.4 is 4.90 Å². The Balaban J connectivity index is 1.81. The Bertz CT molecular complexity index is 940. The van der Waals surface area contributed by atoms with Crippen molar-refractivity contribution in [2.24, 2.45) is 0 Å². The van der Waals surface area contributed by atoms with Crippen molar-refractivity contribution < 1.29 is 9.72 Å². The number of hydrogen-bond acceptors (Lipinski definition) is 4. The molecule has 1 aliphatic rings. The number of non-ortho nitro benzene ring substituents is 1. The van der Waals surface area contributed by atoms with E-state index >= 15 is 0 Å². The minimum absolute atomic E-state index is 0.0356. The first-order valence-electron chi connectivity index (χ1n) is 7.60. The largest absolute Gasteiger partial charge is 0.275 e. The predicted molar refractivity (Wildman–Crippen MR) is 96.6 cm³/mol. The molecule has 0 saturated carbocycles. The van der Waals surface area contributed by atoms with E-state index in [2.05, 4.69) is 0 Å². The van der Waals surface area contributed by atoms with Crippen LogP contribution in [0, 0.1) is 10.1 Å². The van der Waals surface area contributed by atoms with Crippen molar-refractivity contribution in [1.29, 1.82) is 0 Å². The first kappa shape index (κ1) is 15.4. The highest BCUT2D eigenvalue weighted by atomic mass is 32.2. The van der Waals surface area contributed by atoms with E-state index < -0.39 is 4.92 Å². The van der Waals surface area contributed by atoms with Crippen LogP contribution in [0.4, 0.5) is 17.1 Å². The maximum Gasteiger partial charge on any atom is 0.269 e. The summed E-state index contributed by atoms with van der Waals surface area (Å²) >= 11 is 1.62. The van der Waals surface area contributed by atoms with Gasteiger partial charge in [-0.2, -0.15) is 0 Å². The molecular weight excluding hydrogens is 336 g/mol. The molecule has 3 aromatic carbocycles. The Hall–Kier alpha value is -3.12.